The number of ether oxygens (including phenoxy) is 12. The maximum Gasteiger partial charge on any atom is 0.260 e. The Morgan fingerprint density at radius 1 is 0.535 bits per heavy atom. The van der Waals surface area contributed by atoms with Crippen molar-refractivity contribution in [2.75, 3.05) is 152 Å². The molecule has 0 saturated heterocycles. The number of fused-ring (bicyclic) bond motifs is 4. The topological polar surface area (TPSA) is 330 Å². The molecular formula is C72H93N9O20. The Kier molecular flexibility index (Phi) is 29.7. The molecule has 1 aliphatic carbocycles. The SMILES string of the molecule is COc1cc2c(cc1OCCCOc1cc3c(cc1OC)C(=O)N1C=C(c4ccc(NC(=O)[C@H](C)NC(=O)[C@H](NC(=O)CCOCCOCCOCCOCCOCCOCCOCCOCCNC(=O)CCN5C(=O)C=CC5=O)C(C)C)cc4)C[C@H]1C=N3)N=CC1CC(C3CC3)=CN1C2=O. The average molecular weight is 1400 g/mol. The van der Waals surface area contributed by atoms with E-state index in [0.717, 1.165) is 22.5 Å². The van der Waals surface area contributed by atoms with Crippen molar-refractivity contribution in [1.82, 2.24) is 30.7 Å². The minimum Gasteiger partial charge on any atom is -0.493 e. The van der Waals surface area contributed by atoms with Gasteiger partial charge in [0.2, 0.25) is 23.6 Å². The number of carbonyl (C=O) groups excluding carboxylic acids is 8. The summed E-state index contributed by atoms with van der Waals surface area (Å²) < 4.78 is 67.7. The van der Waals surface area contributed by atoms with Crippen molar-refractivity contribution in [2.45, 2.75) is 89.9 Å². The number of amides is 8. The molecule has 101 heavy (non-hydrogen) atoms. The van der Waals surface area contributed by atoms with Gasteiger partial charge in [-0.15, -0.1) is 0 Å². The van der Waals surface area contributed by atoms with Crippen LogP contribution in [0.4, 0.5) is 17.1 Å². The van der Waals surface area contributed by atoms with Crippen LogP contribution in [0.1, 0.15) is 92.0 Å². The summed E-state index contributed by atoms with van der Waals surface area (Å²) >= 11 is 0. The van der Waals surface area contributed by atoms with E-state index in [1.54, 1.807) is 73.2 Å². The number of hydrogen-bond acceptors (Lipinski definition) is 22. The fourth-order valence-electron chi connectivity index (χ4n) is 11.3. The summed E-state index contributed by atoms with van der Waals surface area (Å²) in [5.74, 6) is -0.819. The van der Waals surface area contributed by atoms with Crippen molar-refractivity contribution in [3.63, 3.8) is 0 Å². The molecule has 6 aliphatic rings. The smallest absolute Gasteiger partial charge is 0.260 e. The van der Waals surface area contributed by atoms with Crippen molar-refractivity contribution in [2.24, 2.45) is 21.8 Å². The highest BCUT2D eigenvalue weighted by molar-refractivity contribution is 6.13. The number of aliphatic imine (C=N–C) groups is 2. The third-order valence-electron chi connectivity index (χ3n) is 17.0. The molecule has 3 aromatic carbocycles. The summed E-state index contributed by atoms with van der Waals surface area (Å²) in [6.07, 6.45) is 14.0. The van der Waals surface area contributed by atoms with Gasteiger partial charge in [0.1, 0.15) is 12.1 Å². The molecule has 9 rings (SSSR count). The second kappa shape index (κ2) is 39.3. The number of hydrogen-bond donors (Lipinski definition) is 4. The van der Waals surface area contributed by atoms with Gasteiger partial charge in [0.15, 0.2) is 23.0 Å². The molecule has 0 bridgehead atoms. The lowest BCUT2D eigenvalue weighted by molar-refractivity contribution is -0.137. The molecule has 5 aliphatic heterocycles. The molecule has 29 nitrogen and oxygen atoms in total. The second-order valence-corrected chi connectivity index (χ2v) is 24.7. The van der Waals surface area contributed by atoms with Gasteiger partial charge >= 0.3 is 0 Å². The molecule has 8 amide bonds. The van der Waals surface area contributed by atoms with Crippen LogP contribution in [0, 0.1) is 11.8 Å². The Labute approximate surface area is 587 Å². The predicted molar refractivity (Wildman–Crippen MR) is 370 cm³/mol. The molecular weight excluding hydrogens is 1310 g/mol. The first kappa shape index (κ1) is 76.2. The van der Waals surface area contributed by atoms with Crippen LogP contribution >= 0.6 is 0 Å². The molecule has 0 spiro atoms. The maximum absolute atomic E-state index is 14.1. The van der Waals surface area contributed by atoms with Gasteiger partial charge in [0.25, 0.3) is 23.6 Å². The van der Waals surface area contributed by atoms with Crippen LogP contribution in [0.25, 0.3) is 5.57 Å². The Bertz CT molecular complexity index is 3500. The van der Waals surface area contributed by atoms with E-state index in [4.69, 9.17) is 66.8 Å². The van der Waals surface area contributed by atoms with Crippen LogP contribution in [0.3, 0.4) is 0 Å². The fourth-order valence-corrected chi connectivity index (χ4v) is 11.3. The summed E-state index contributed by atoms with van der Waals surface area (Å²) in [4.78, 5) is 116. The quantitative estimate of drug-likeness (QED) is 0.0412. The van der Waals surface area contributed by atoms with E-state index < -0.39 is 35.7 Å². The van der Waals surface area contributed by atoms with E-state index in [1.807, 2.05) is 30.7 Å². The largest absolute Gasteiger partial charge is 0.493 e. The summed E-state index contributed by atoms with van der Waals surface area (Å²) in [6, 6.07) is 11.7. The zero-order valence-corrected chi connectivity index (χ0v) is 58.0. The monoisotopic (exact) mass is 1400 g/mol. The van der Waals surface area contributed by atoms with Gasteiger partial charge in [0, 0.05) is 93.6 Å². The predicted octanol–water partition coefficient (Wildman–Crippen LogP) is 5.29. The van der Waals surface area contributed by atoms with E-state index >= 15 is 0 Å². The second-order valence-electron chi connectivity index (χ2n) is 24.7. The van der Waals surface area contributed by atoms with E-state index in [-0.39, 0.29) is 87.4 Å². The van der Waals surface area contributed by atoms with Gasteiger partial charge in [-0.05, 0) is 79.0 Å². The summed E-state index contributed by atoms with van der Waals surface area (Å²) in [5, 5.41) is 11.0. The van der Waals surface area contributed by atoms with Crippen LogP contribution in [-0.4, -0.2) is 245 Å². The average Bonchev–Trinajstić information content (AvgIpc) is 1.69. The number of nitrogens with zero attached hydrogens (tertiary/aromatic N) is 5. The number of imide groups is 1. The maximum atomic E-state index is 14.1. The molecule has 1 fully saturated rings. The van der Waals surface area contributed by atoms with Gasteiger partial charge in [-0.3, -0.25) is 53.2 Å². The molecule has 5 heterocycles. The Hall–Kier alpha value is -8.94. The molecule has 3 aromatic rings. The molecule has 1 unspecified atom stereocenters. The van der Waals surface area contributed by atoms with Crippen molar-refractivity contribution in [3.8, 4) is 23.0 Å². The molecule has 1 saturated carbocycles. The third kappa shape index (κ3) is 22.8. The van der Waals surface area contributed by atoms with Crippen molar-refractivity contribution >= 4 is 82.3 Å². The van der Waals surface area contributed by atoms with Crippen molar-refractivity contribution in [3.05, 3.63) is 95.3 Å². The molecule has 29 heteroatoms. The molecule has 4 N–H and O–H groups in total. The number of carbonyl (C=O) groups is 8. The van der Waals surface area contributed by atoms with Crippen LogP contribution in [-0.2, 0) is 66.7 Å². The zero-order valence-electron chi connectivity index (χ0n) is 58.0. The van der Waals surface area contributed by atoms with Gasteiger partial charge in [-0.2, -0.15) is 0 Å². The first-order valence-corrected chi connectivity index (χ1v) is 34.4. The van der Waals surface area contributed by atoms with Crippen LogP contribution in [0.5, 0.6) is 23.0 Å². The Morgan fingerprint density at radius 3 is 1.51 bits per heavy atom. The molecule has 0 aromatic heterocycles. The van der Waals surface area contributed by atoms with E-state index in [2.05, 4.69) is 21.3 Å². The van der Waals surface area contributed by atoms with Crippen molar-refractivity contribution in [1.29, 1.82) is 0 Å². The minimum absolute atomic E-state index is 0.0148. The number of benzene rings is 3. The highest BCUT2D eigenvalue weighted by atomic mass is 16.6. The number of rotatable bonds is 46. The highest BCUT2D eigenvalue weighted by Gasteiger charge is 2.39. The third-order valence-corrected chi connectivity index (χ3v) is 17.0. The van der Waals surface area contributed by atoms with Gasteiger partial charge < -0.3 is 87.9 Å². The lowest BCUT2D eigenvalue weighted by atomic mass is 10.0. The number of methoxy groups -OCH3 is 2. The highest BCUT2D eigenvalue weighted by Crippen LogP contribution is 2.45. The van der Waals surface area contributed by atoms with E-state index in [9.17, 15) is 38.4 Å². The standard InChI is InChI=1S/C72H93N9O20/c1-47(2)68(78-65(83)16-21-92-23-25-94-27-29-96-31-33-98-35-36-99-34-32-97-30-28-95-26-24-93-22-17-73-64(82)15-18-79-66(84)13-14-67(79)85)70(87)76-48(3)69(86)77-53-11-9-50(10-12-53)52-38-55-44-75-59-42-63(61(91-5)40-57(59)72(89)81(55)46-52)101-20-6-19-100-62-41-58-56(39-60(62)90-4)71(88)80-45-51(49-7-8-49)37-54(80)43-74-58/h9-14,39-49,54-55,68H,6-8,15-38H2,1-5H3,(H,73,82)(H,76,87)(H,77,86)(H,78,83)/t48-,54?,55-,68+/m0/s1. The van der Waals surface area contributed by atoms with E-state index in [1.165, 1.54) is 44.8 Å². The Morgan fingerprint density at radius 2 is 1.02 bits per heavy atom. The van der Waals surface area contributed by atoms with Gasteiger partial charge in [0.05, 0.1) is 168 Å². The first-order chi connectivity index (χ1) is 49.1. The van der Waals surface area contributed by atoms with Crippen LogP contribution in [0.15, 0.2) is 88.6 Å². The van der Waals surface area contributed by atoms with Gasteiger partial charge in [-0.1, -0.05) is 26.0 Å². The van der Waals surface area contributed by atoms with Crippen molar-refractivity contribution < 1.29 is 95.2 Å². The summed E-state index contributed by atoms with van der Waals surface area (Å²) in [7, 11) is 3.05. The van der Waals surface area contributed by atoms with Crippen LogP contribution in [0.2, 0.25) is 0 Å². The lowest BCUT2D eigenvalue weighted by Gasteiger charge is -2.24. The van der Waals surface area contributed by atoms with Crippen LogP contribution < -0.4 is 40.2 Å². The first-order valence-electron chi connectivity index (χ1n) is 34.4. The fraction of sp³-hybridized carbons (Fsp3) is 0.528. The molecule has 546 valence electrons. The summed E-state index contributed by atoms with van der Waals surface area (Å²) in [5.41, 5.74) is 5.33. The molecule has 4 atom stereocenters. The number of nitrogens with one attached hydrogen (secondary N) is 4. The minimum atomic E-state index is -0.938. The summed E-state index contributed by atoms with van der Waals surface area (Å²) in [6.45, 7) is 11.7. The number of anilines is 1. The van der Waals surface area contributed by atoms with E-state index in [0.29, 0.717) is 169 Å². The zero-order chi connectivity index (χ0) is 71.5. The lowest BCUT2D eigenvalue weighted by Crippen LogP contribution is -2.53. The molecule has 0 radical (unpaired) electrons. The Balaban J connectivity index is 0.570. The van der Waals surface area contributed by atoms with Gasteiger partial charge in [-0.25, -0.2) is 0 Å². The normalized spacial score (nSPS) is 17.2.